The van der Waals surface area contributed by atoms with Crippen molar-refractivity contribution in [2.24, 2.45) is 10.7 Å². The van der Waals surface area contributed by atoms with Gasteiger partial charge in [0.05, 0.1) is 30.8 Å². The van der Waals surface area contributed by atoms with Crippen LogP contribution in [0.4, 0.5) is 0 Å². The van der Waals surface area contributed by atoms with Crippen molar-refractivity contribution in [2.75, 3.05) is 13.1 Å². The molecule has 2 aromatic carbocycles. The van der Waals surface area contributed by atoms with E-state index in [1.54, 1.807) is 23.5 Å². The number of hydrogen-bond acceptors (Lipinski definition) is 7. The summed E-state index contributed by atoms with van der Waals surface area (Å²) in [5, 5.41) is 22.6. The number of carbonyl (C=O) groups is 2. The minimum atomic E-state index is -1.08. The molecular formula is C32H27ClN6O3S. The molecule has 1 aliphatic heterocycles. The summed E-state index contributed by atoms with van der Waals surface area (Å²) < 4.78 is 2.00. The second kappa shape index (κ2) is 12.6. The van der Waals surface area contributed by atoms with Crippen LogP contribution in [0.1, 0.15) is 67.2 Å². The molecule has 11 heteroatoms. The average molecular weight is 611 g/mol. The summed E-state index contributed by atoms with van der Waals surface area (Å²) in [6.07, 6.45) is 0.0377. The monoisotopic (exact) mass is 610 g/mol. The van der Waals surface area contributed by atoms with Crippen LogP contribution in [-0.4, -0.2) is 50.5 Å². The normalized spacial score (nSPS) is 13.3. The number of benzene rings is 2. The number of nitrogens with zero attached hydrogens (tertiary/aromatic N) is 4. The Morgan fingerprint density at radius 3 is 2.58 bits per heavy atom. The number of aromatic nitrogens is 3. The molecule has 0 spiro atoms. The number of aryl methyl sites for hydroxylation is 2. The molecule has 9 nitrogen and oxygen atoms in total. The zero-order valence-corrected chi connectivity index (χ0v) is 25.2. The highest BCUT2D eigenvalue weighted by molar-refractivity contribution is 7.15. The van der Waals surface area contributed by atoms with E-state index in [4.69, 9.17) is 22.3 Å². The summed E-state index contributed by atoms with van der Waals surface area (Å²) in [7, 11) is 0. The number of nitrogens with one attached hydrogen (secondary N) is 1. The van der Waals surface area contributed by atoms with Crippen LogP contribution >= 0.6 is 22.9 Å². The van der Waals surface area contributed by atoms with Gasteiger partial charge in [-0.3, -0.25) is 14.4 Å². The third kappa shape index (κ3) is 6.23. The van der Waals surface area contributed by atoms with Gasteiger partial charge in [0.15, 0.2) is 5.82 Å². The number of nitrogens with two attached hydrogens (primary N) is 1. The van der Waals surface area contributed by atoms with Gasteiger partial charge in [0.25, 0.3) is 0 Å². The predicted octanol–water partition coefficient (Wildman–Crippen LogP) is 4.37. The van der Waals surface area contributed by atoms with Gasteiger partial charge in [0, 0.05) is 32.2 Å². The molecule has 0 bridgehead atoms. The highest BCUT2D eigenvalue weighted by Crippen LogP contribution is 2.39. The Labute approximate surface area is 257 Å². The van der Waals surface area contributed by atoms with Crippen LogP contribution in [-0.2, 0) is 4.79 Å². The van der Waals surface area contributed by atoms with Crippen LogP contribution in [0, 0.1) is 44.5 Å². The first-order valence-electron chi connectivity index (χ1n) is 13.4. The molecule has 0 saturated carbocycles. The van der Waals surface area contributed by atoms with E-state index >= 15 is 0 Å². The van der Waals surface area contributed by atoms with Gasteiger partial charge >= 0.3 is 5.97 Å². The summed E-state index contributed by atoms with van der Waals surface area (Å²) in [5.41, 5.74) is 10.2. The molecule has 2 aromatic heterocycles. The van der Waals surface area contributed by atoms with E-state index in [0.717, 1.165) is 32.3 Å². The van der Waals surface area contributed by atoms with Crippen LogP contribution in [0.25, 0.3) is 5.00 Å². The largest absolute Gasteiger partial charge is 0.478 e. The number of carbonyl (C=O) groups excluding carboxylic acids is 1. The lowest BCUT2D eigenvalue weighted by Gasteiger charge is -2.12. The molecule has 5 rings (SSSR count). The van der Waals surface area contributed by atoms with Gasteiger partial charge in [-0.15, -0.1) is 21.5 Å². The molecule has 43 heavy (non-hydrogen) atoms. The van der Waals surface area contributed by atoms with E-state index < -0.39 is 12.0 Å². The molecule has 3 heterocycles. The van der Waals surface area contributed by atoms with Gasteiger partial charge in [-0.25, -0.2) is 4.79 Å². The Morgan fingerprint density at radius 1 is 1.09 bits per heavy atom. The summed E-state index contributed by atoms with van der Waals surface area (Å²) >= 11 is 7.83. The van der Waals surface area contributed by atoms with Crippen molar-refractivity contribution < 1.29 is 14.7 Å². The number of carboxylic acid groups (broad SMARTS) is 1. The molecular weight excluding hydrogens is 584 g/mol. The number of hydrogen-bond donors (Lipinski definition) is 3. The number of aliphatic imine (C=N–C) groups is 1. The Balaban J connectivity index is 1.40. The smallest absolute Gasteiger partial charge is 0.336 e. The summed E-state index contributed by atoms with van der Waals surface area (Å²) in [4.78, 5) is 30.9. The quantitative estimate of drug-likeness (QED) is 0.287. The SMILES string of the molecule is Cc1sc2c(c1C)C(c1ccc(Cl)cc1)=N[C@@H](CC(=O)NCC#Cc1ccc(C(=O)O)c(C#CCN)c1)c1nnc(C)n1-2. The standard InChI is InChI=1S/C32H27ClN6O3S/c1-18-19(2)43-31-28(18)29(22-9-11-24(33)12-10-22)36-26(30-38-37-20(3)39(30)31)17-27(40)35-15-5-6-21-8-13-25(32(41)42)23(16-21)7-4-14-34/h8-13,16,26H,14-15,17,34H2,1-3H3,(H,35,40)(H,41,42)/t26-/m0/s1. The van der Waals surface area contributed by atoms with Crippen molar-refractivity contribution in [3.63, 3.8) is 0 Å². The predicted molar refractivity (Wildman–Crippen MR) is 167 cm³/mol. The molecule has 0 aliphatic carbocycles. The molecule has 1 aliphatic rings. The van der Waals surface area contributed by atoms with Gasteiger partial charge in [-0.2, -0.15) is 0 Å². The molecule has 0 radical (unpaired) electrons. The number of aromatic carboxylic acids is 1. The fourth-order valence-corrected chi connectivity index (χ4v) is 6.07. The fraction of sp³-hybridized carbons (Fsp3) is 0.219. The van der Waals surface area contributed by atoms with E-state index in [1.807, 2.05) is 35.8 Å². The molecule has 1 atom stereocenters. The van der Waals surface area contributed by atoms with E-state index in [1.165, 1.54) is 6.07 Å². The highest BCUT2D eigenvalue weighted by Gasteiger charge is 2.32. The van der Waals surface area contributed by atoms with Gasteiger partial charge < -0.3 is 16.2 Å². The van der Waals surface area contributed by atoms with Gasteiger partial charge in [-0.05, 0) is 56.7 Å². The third-order valence-corrected chi connectivity index (χ3v) is 8.36. The topological polar surface area (TPSA) is 135 Å². The number of rotatable bonds is 5. The minimum Gasteiger partial charge on any atom is -0.478 e. The first-order chi connectivity index (χ1) is 20.7. The van der Waals surface area contributed by atoms with Crippen molar-refractivity contribution >= 4 is 40.5 Å². The van der Waals surface area contributed by atoms with E-state index in [2.05, 4.69) is 53.0 Å². The number of amides is 1. The van der Waals surface area contributed by atoms with Crippen molar-refractivity contribution in [2.45, 2.75) is 33.2 Å². The second-order valence-electron chi connectivity index (χ2n) is 9.76. The van der Waals surface area contributed by atoms with Crippen LogP contribution < -0.4 is 11.1 Å². The van der Waals surface area contributed by atoms with Gasteiger partial charge in [-0.1, -0.05) is 47.4 Å². The first-order valence-corrected chi connectivity index (χ1v) is 14.6. The number of halogens is 1. The maximum atomic E-state index is 13.1. The van der Waals surface area contributed by atoms with Gasteiger partial charge in [0.2, 0.25) is 5.91 Å². The van der Waals surface area contributed by atoms with Crippen molar-refractivity contribution in [1.29, 1.82) is 0 Å². The molecule has 0 saturated heterocycles. The maximum absolute atomic E-state index is 13.1. The zero-order valence-electron chi connectivity index (χ0n) is 23.7. The van der Waals surface area contributed by atoms with E-state index in [-0.39, 0.29) is 31.0 Å². The summed E-state index contributed by atoms with van der Waals surface area (Å²) in [5.74, 6) is 11.3. The van der Waals surface area contributed by atoms with Gasteiger partial charge in [0.1, 0.15) is 16.9 Å². The van der Waals surface area contributed by atoms with Crippen LogP contribution in [0.15, 0.2) is 47.5 Å². The Kier molecular flexibility index (Phi) is 8.74. The lowest BCUT2D eigenvalue weighted by Crippen LogP contribution is -2.25. The van der Waals surface area contributed by atoms with Crippen LogP contribution in [0.2, 0.25) is 5.02 Å². The van der Waals surface area contributed by atoms with Crippen molar-refractivity contribution in [1.82, 2.24) is 20.1 Å². The molecule has 0 fully saturated rings. The molecule has 0 unspecified atom stereocenters. The zero-order chi connectivity index (χ0) is 30.7. The minimum absolute atomic E-state index is 0.0377. The third-order valence-electron chi connectivity index (χ3n) is 6.92. The lowest BCUT2D eigenvalue weighted by atomic mass is 9.99. The highest BCUT2D eigenvalue weighted by atomic mass is 35.5. The maximum Gasteiger partial charge on any atom is 0.336 e. The first kappa shape index (κ1) is 29.7. The number of thiophene rings is 1. The molecule has 1 amide bonds. The number of carboxylic acids is 1. The van der Waals surface area contributed by atoms with E-state index in [0.29, 0.717) is 27.8 Å². The van der Waals surface area contributed by atoms with Crippen LogP contribution in [0.5, 0.6) is 0 Å². The summed E-state index contributed by atoms with van der Waals surface area (Å²) in [6.45, 7) is 6.23. The van der Waals surface area contributed by atoms with Crippen LogP contribution in [0.3, 0.4) is 0 Å². The van der Waals surface area contributed by atoms with Crippen molar-refractivity contribution in [3.8, 4) is 28.7 Å². The number of fused-ring (bicyclic) bond motifs is 3. The molecule has 216 valence electrons. The second-order valence-corrected chi connectivity index (χ2v) is 11.4. The Bertz CT molecular complexity index is 1900. The summed E-state index contributed by atoms with van der Waals surface area (Å²) in [6, 6.07) is 11.6. The van der Waals surface area contributed by atoms with Crippen molar-refractivity contribution in [3.05, 3.63) is 97.4 Å². The molecule has 4 aromatic rings. The lowest BCUT2D eigenvalue weighted by molar-refractivity contribution is -0.121. The average Bonchev–Trinajstić information content (AvgIpc) is 3.46. The Morgan fingerprint density at radius 2 is 1.86 bits per heavy atom. The molecule has 4 N–H and O–H groups in total. The Hall–Kier alpha value is -4.74. The fourth-order valence-electron chi connectivity index (χ4n) is 4.73. The van der Waals surface area contributed by atoms with E-state index in [9.17, 15) is 14.7 Å².